The maximum atomic E-state index is 11.7. The van der Waals surface area contributed by atoms with E-state index in [4.69, 9.17) is 0 Å². The van der Waals surface area contributed by atoms with Crippen molar-refractivity contribution in [2.75, 3.05) is 0 Å². The number of alkyl halides is 3. The fourth-order valence-corrected chi connectivity index (χ4v) is 3.39. The van der Waals surface area contributed by atoms with E-state index in [1.54, 1.807) is 0 Å². The summed E-state index contributed by atoms with van der Waals surface area (Å²) in [6.07, 6.45) is 0. The second-order valence-corrected chi connectivity index (χ2v) is 9.36. The monoisotopic (exact) mass is 258 g/mol. The molecule has 9 heteroatoms. The predicted octanol–water partition coefficient (Wildman–Crippen LogP) is 2.11. The van der Waals surface area contributed by atoms with Gasteiger partial charge in [-0.05, 0) is 19.6 Å². The van der Waals surface area contributed by atoms with Crippen LogP contribution in [0, 0.1) is 0 Å². The minimum absolute atomic E-state index is 0. The first-order valence-corrected chi connectivity index (χ1v) is 7.79. The molecule has 3 nitrogen and oxygen atoms in total. The Kier molecular flexibility index (Phi) is 5.01. The zero-order valence-corrected chi connectivity index (χ0v) is 9.81. The van der Waals surface area contributed by atoms with Gasteiger partial charge in [-0.1, -0.05) is 0 Å². The van der Waals surface area contributed by atoms with Crippen LogP contribution in [0.25, 0.3) is 0 Å². The van der Waals surface area contributed by atoms with Gasteiger partial charge in [0.05, 0.1) is 0 Å². The summed E-state index contributed by atoms with van der Waals surface area (Å²) in [6, 6.07) is 0. The van der Waals surface area contributed by atoms with Crippen molar-refractivity contribution in [3.63, 3.8) is 0 Å². The highest BCUT2D eigenvalue weighted by molar-refractivity contribution is 7.88. The zero-order chi connectivity index (χ0) is 10.2. The number of hydrogen-bond donors (Lipinski definition) is 0. The summed E-state index contributed by atoms with van der Waals surface area (Å²) < 4.78 is 59.7. The summed E-state index contributed by atoms with van der Waals surface area (Å²) in [6.45, 7) is 4.07. The van der Waals surface area contributed by atoms with E-state index in [2.05, 4.69) is 3.87 Å². The van der Waals surface area contributed by atoms with Gasteiger partial charge in [-0.2, -0.15) is 21.6 Å². The summed E-state index contributed by atoms with van der Waals surface area (Å²) >= 11 is 0. The summed E-state index contributed by atoms with van der Waals surface area (Å²) in [5.41, 5.74) is -5.31. The molecule has 0 aliphatic rings. The van der Waals surface area contributed by atoms with Gasteiger partial charge in [0, 0.05) is 0 Å². The lowest BCUT2D eigenvalue weighted by Gasteiger charge is -2.17. The molecule has 0 fully saturated rings. The van der Waals surface area contributed by atoms with E-state index >= 15 is 0 Å². The molecule has 0 aliphatic heterocycles. The molecule has 0 unspecified atom stereocenters. The van der Waals surface area contributed by atoms with Gasteiger partial charge >= 0.3 is 15.6 Å². The number of rotatable bonds is 2. The third-order valence-corrected chi connectivity index (χ3v) is 4.09. The average molecular weight is 259 g/mol. The van der Waals surface area contributed by atoms with Crippen LogP contribution in [-0.2, 0) is 14.0 Å². The molecule has 0 saturated heterocycles. The van der Waals surface area contributed by atoms with Crippen LogP contribution in [0.1, 0.15) is 0 Å². The highest BCUT2D eigenvalue weighted by atomic mass is 35.5. The van der Waals surface area contributed by atoms with Crippen LogP contribution in [0.5, 0.6) is 0 Å². The van der Waals surface area contributed by atoms with Gasteiger partial charge in [-0.3, -0.25) is 0 Å². The lowest BCUT2D eigenvalue weighted by atomic mass is 11.6. The molecule has 0 bridgehead atoms. The molecule has 0 heterocycles. The largest absolute Gasteiger partial charge is 0.522 e. The first-order valence-electron chi connectivity index (χ1n) is 2.98. The Balaban J connectivity index is 0. The minimum Gasteiger partial charge on any atom is -0.309 e. The topological polar surface area (TPSA) is 43.4 Å². The summed E-state index contributed by atoms with van der Waals surface area (Å²) in [5.74, 6) is 0. The maximum Gasteiger partial charge on any atom is 0.522 e. The lowest BCUT2D eigenvalue weighted by Crippen LogP contribution is -2.36. The van der Waals surface area contributed by atoms with E-state index in [9.17, 15) is 21.6 Å². The van der Waals surface area contributed by atoms with Gasteiger partial charge in [0.25, 0.3) is 0 Å². The van der Waals surface area contributed by atoms with Crippen LogP contribution in [-0.4, -0.2) is 22.2 Å². The van der Waals surface area contributed by atoms with Crippen molar-refractivity contribution in [2.24, 2.45) is 0 Å². The first kappa shape index (κ1) is 15.7. The predicted molar refractivity (Wildman–Crippen MR) is 46.7 cm³/mol. The van der Waals surface area contributed by atoms with Crippen LogP contribution in [0.3, 0.4) is 0 Å². The van der Waals surface area contributed by atoms with E-state index in [0.29, 0.717) is 0 Å². The van der Waals surface area contributed by atoms with Gasteiger partial charge in [0.1, 0.15) is 0 Å². The van der Waals surface area contributed by atoms with Crippen molar-refractivity contribution in [1.29, 1.82) is 0 Å². The Morgan fingerprint density at radius 3 is 1.54 bits per heavy atom. The minimum atomic E-state index is -5.39. The Morgan fingerprint density at radius 2 is 1.46 bits per heavy atom. The van der Waals surface area contributed by atoms with E-state index in [-0.39, 0.29) is 12.4 Å². The van der Waals surface area contributed by atoms with Crippen molar-refractivity contribution < 1.29 is 25.5 Å². The molecule has 0 aliphatic carbocycles. The fourth-order valence-electron chi connectivity index (χ4n) is 0.376. The van der Waals surface area contributed by atoms with Crippen LogP contribution in [0.15, 0.2) is 0 Å². The summed E-state index contributed by atoms with van der Waals surface area (Å²) in [7, 11) is -8.10. The SMILES string of the molecule is C[Si](C)(C)OS(=O)(=O)C(F)(F)F.Cl. The van der Waals surface area contributed by atoms with Crippen LogP contribution < -0.4 is 0 Å². The van der Waals surface area contributed by atoms with Crippen molar-refractivity contribution >= 4 is 30.8 Å². The Morgan fingerprint density at radius 1 is 1.15 bits per heavy atom. The Hall–Kier alpha value is 0.207. The molecule has 0 aromatic heterocycles. The molecule has 0 radical (unpaired) electrons. The molecular weight excluding hydrogens is 249 g/mol. The van der Waals surface area contributed by atoms with Crippen molar-refractivity contribution in [3.8, 4) is 0 Å². The summed E-state index contributed by atoms with van der Waals surface area (Å²) in [4.78, 5) is 0. The number of halogens is 4. The second-order valence-electron chi connectivity index (χ2n) is 3.10. The normalized spacial score (nSPS) is 13.7. The van der Waals surface area contributed by atoms with Crippen molar-refractivity contribution in [1.82, 2.24) is 0 Å². The average Bonchev–Trinajstić information content (AvgIpc) is 1.52. The number of hydrogen-bond acceptors (Lipinski definition) is 3. The van der Waals surface area contributed by atoms with E-state index < -0.39 is 23.9 Å². The third-order valence-electron chi connectivity index (χ3n) is 0.643. The van der Waals surface area contributed by atoms with Crippen LogP contribution in [0.2, 0.25) is 19.6 Å². The molecule has 13 heavy (non-hydrogen) atoms. The first-order chi connectivity index (χ1) is 4.96. The highest BCUT2D eigenvalue weighted by Gasteiger charge is 2.49. The van der Waals surface area contributed by atoms with Gasteiger partial charge in [0.2, 0.25) is 8.32 Å². The molecule has 0 rings (SSSR count). The quantitative estimate of drug-likeness (QED) is 0.563. The maximum absolute atomic E-state index is 11.7. The zero-order valence-electron chi connectivity index (χ0n) is 7.18. The third kappa shape index (κ3) is 5.50. The summed E-state index contributed by atoms with van der Waals surface area (Å²) in [5, 5.41) is 0. The standard InChI is InChI=1S/C4H9F3O3SSi.ClH/c1-12(2,3)10-11(8,9)4(5,6)7;/h1-3H3;1H. The molecule has 0 aromatic rings. The molecule has 0 saturated carbocycles. The second kappa shape index (κ2) is 4.16. The smallest absolute Gasteiger partial charge is 0.309 e. The highest BCUT2D eigenvalue weighted by Crippen LogP contribution is 2.27. The van der Waals surface area contributed by atoms with E-state index in [1.165, 1.54) is 19.6 Å². The van der Waals surface area contributed by atoms with Crippen molar-refractivity contribution in [2.45, 2.75) is 25.1 Å². The molecule has 82 valence electrons. The Bertz CT molecular complexity index is 255. The molecule has 0 N–H and O–H groups in total. The fraction of sp³-hybridized carbons (Fsp3) is 1.00. The van der Waals surface area contributed by atoms with E-state index in [1.807, 2.05) is 0 Å². The van der Waals surface area contributed by atoms with Gasteiger partial charge in [-0.15, -0.1) is 12.4 Å². The molecule has 0 spiro atoms. The van der Waals surface area contributed by atoms with E-state index in [0.717, 1.165) is 0 Å². The lowest BCUT2D eigenvalue weighted by molar-refractivity contribution is -0.0503. The van der Waals surface area contributed by atoms with Gasteiger partial charge in [0.15, 0.2) is 0 Å². The molecular formula is C4H10ClF3O3SSi. The van der Waals surface area contributed by atoms with Crippen molar-refractivity contribution in [3.05, 3.63) is 0 Å². The molecule has 0 atom stereocenters. The Labute approximate surface area is 81.9 Å². The molecule has 0 amide bonds. The van der Waals surface area contributed by atoms with Gasteiger partial charge in [-0.25, -0.2) is 0 Å². The van der Waals surface area contributed by atoms with Gasteiger partial charge < -0.3 is 3.87 Å². The molecule has 0 aromatic carbocycles. The van der Waals surface area contributed by atoms with Crippen LogP contribution >= 0.6 is 12.4 Å². The van der Waals surface area contributed by atoms with Crippen LogP contribution in [0.4, 0.5) is 13.2 Å².